The monoisotopic (exact) mass is 367 g/mol. The second kappa shape index (κ2) is 8.41. The molecule has 0 N–H and O–H groups in total. The van der Waals surface area contributed by atoms with Crippen LogP contribution in [0.3, 0.4) is 0 Å². The van der Waals surface area contributed by atoms with Crippen molar-refractivity contribution in [3.8, 4) is 0 Å². The van der Waals surface area contributed by atoms with Crippen LogP contribution in [0.5, 0.6) is 0 Å². The van der Waals surface area contributed by atoms with Crippen molar-refractivity contribution in [3.05, 3.63) is 41.2 Å². The third kappa shape index (κ3) is 7.15. The third-order valence-corrected chi connectivity index (χ3v) is 2.53. The number of carbonyl (C=O) groups excluding carboxylic acids is 3. The first-order valence-electron chi connectivity index (χ1n) is 6.46. The molecule has 0 heterocycles. The molecule has 1 aromatic rings. The highest BCUT2D eigenvalue weighted by Crippen LogP contribution is 2.24. The lowest BCUT2D eigenvalue weighted by Gasteiger charge is -2.05. The Hall–Kier alpha value is -2.70. The van der Waals surface area contributed by atoms with E-state index < -0.39 is 23.9 Å². The average Bonchev–Trinajstić information content (AvgIpc) is 2.51. The molecule has 10 heteroatoms. The van der Waals surface area contributed by atoms with Crippen molar-refractivity contribution in [1.82, 2.24) is 0 Å². The number of hydrogen-bond donors (Lipinski definition) is 0. The van der Waals surface area contributed by atoms with Crippen molar-refractivity contribution in [2.75, 3.05) is 0 Å². The number of nitrogens with zero attached hydrogens (tertiary/aromatic N) is 1. The van der Waals surface area contributed by atoms with Gasteiger partial charge in [0, 0.05) is 11.5 Å². The molecule has 0 amide bonds. The van der Waals surface area contributed by atoms with Crippen LogP contribution in [0, 0.1) is 12.5 Å². The minimum Gasteiger partial charge on any atom is -0.294 e. The van der Waals surface area contributed by atoms with Gasteiger partial charge in [0.25, 0.3) is 0 Å². The van der Waals surface area contributed by atoms with E-state index in [2.05, 4.69) is 4.85 Å². The minimum atomic E-state index is -5.77. The number of alkyl halides is 6. The minimum absolute atomic E-state index is 0.0128. The van der Waals surface area contributed by atoms with Gasteiger partial charge in [0.15, 0.2) is 11.5 Å². The fourth-order valence-electron chi connectivity index (χ4n) is 1.29. The fraction of sp³-hybridized carbons (Fsp3) is 0.333. The summed E-state index contributed by atoms with van der Waals surface area (Å²) in [5.41, 5.74) is 1.25. The maximum atomic E-state index is 11.5. The summed E-state index contributed by atoms with van der Waals surface area (Å²) in [6.07, 6.45) is -11.5. The van der Waals surface area contributed by atoms with Gasteiger partial charge >= 0.3 is 23.9 Å². The Kier molecular flexibility index (Phi) is 7.50. The molecule has 0 aliphatic heterocycles. The summed E-state index contributed by atoms with van der Waals surface area (Å²) < 4.78 is 67.0. The number of benzene rings is 1. The zero-order valence-corrected chi connectivity index (χ0v) is 12.8. The fourth-order valence-corrected chi connectivity index (χ4v) is 1.29. The predicted molar refractivity (Wildman–Crippen MR) is 74.0 cm³/mol. The number of carbonyl (C=O) groups is 3. The summed E-state index contributed by atoms with van der Waals surface area (Å²) in [6.45, 7) is 10.5. The predicted octanol–water partition coefficient (Wildman–Crippen LogP) is 4.33. The second-order valence-corrected chi connectivity index (χ2v) is 4.83. The van der Waals surface area contributed by atoms with Crippen LogP contribution in [0.1, 0.15) is 24.2 Å². The summed E-state index contributed by atoms with van der Waals surface area (Å²) in [6, 6.07) is 6.75. The molecule has 1 aromatic carbocycles. The van der Waals surface area contributed by atoms with Gasteiger partial charge in [-0.05, 0) is 0 Å². The molecule has 136 valence electrons. The lowest BCUT2D eigenvalue weighted by atomic mass is 10.0. The molecule has 0 unspecified atom stereocenters. The average molecular weight is 367 g/mol. The van der Waals surface area contributed by atoms with Crippen LogP contribution in [0.25, 0.3) is 4.85 Å². The van der Waals surface area contributed by atoms with Gasteiger partial charge < -0.3 is 0 Å². The molecule has 0 fully saturated rings. The van der Waals surface area contributed by atoms with E-state index in [4.69, 9.17) is 6.57 Å². The molecular weight excluding hydrogens is 356 g/mol. The third-order valence-electron chi connectivity index (χ3n) is 2.53. The van der Waals surface area contributed by atoms with Crippen molar-refractivity contribution >= 4 is 23.0 Å². The van der Waals surface area contributed by atoms with E-state index >= 15 is 0 Å². The number of halogens is 6. The number of ketones is 3. The summed E-state index contributed by atoms with van der Waals surface area (Å²) in [7, 11) is 0. The summed E-state index contributed by atoms with van der Waals surface area (Å²) in [5, 5.41) is 0. The number of rotatable bonds is 3. The SMILES string of the molecule is O=C(C(=O)C(F)(F)F)C(F)(F)F.[C-]#[N+]c1ccc(C(=O)C(C)C)cc1. The molecule has 0 saturated carbocycles. The van der Waals surface area contributed by atoms with Crippen molar-refractivity contribution in [2.45, 2.75) is 26.2 Å². The molecule has 0 spiro atoms. The standard InChI is InChI=1S/C11H11NO.C4F6O2/c1-8(2)11(13)9-4-6-10(12-3)7-5-9;5-3(6,7)1(11)2(12)4(8,9)10/h4-8H,1-2H3;. The lowest BCUT2D eigenvalue weighted by molar-refractivity contribution is -0.193. The molecule has 4 nitrogen and oxygen atoms in total. The van der Waals surface area contributed by atoms with Gasteiger partial charge in [-0.3, -0.25) is 14.4 Å². The first kappa shape index (κ1) is 22.3. The van der Waals surface area contributed by atoms with E-state index in [1.54, 1.807) is 24.3 Å². The Balaban J connectivity index is 0.000000463. The topological polar surface area (TPSA) is 55.6 Å². The molecule has 0 bridgehead atoms. The van der Waals surface area contributed by atoms with Crippen molar-refractivity contribution in [1.29, 1.82) is 0 Å². The Morgan fingerprint density at radius 3 is 1.48 bits per heavy atom. The number of Topliss-reactive ketones (excluding diaryl/α,β-unsaturated/α-hetero) is 3. The normalized spacial score (nSPS) is 11.2. The van der Waals surface area contributed by atoms with E-state index in [9.17, 15) is 40.7 Å². The highest BCUT2D eigenvalue weighted by molar-refractivity contribution is 6.41. The van der Waals surface area contributed by atoms with Crippen LogP contribution in [0.2, 0.25) is 0 Å². The van der Waals surface area contributed by atoms with Gasteiger partial charge in [-0.25, -0.2) is 4.85 Å². The molecule has 0 radical (unpaired) electrons. The van der Waals surface area contributed by atoms with Crippen molar-refractivity contribution in [2.24, 2.45) is 5.92 Å². The quantitative estimate of drug-likeness (QED) is 0.346. The van der Waals surface area contributed by atoms with Crippen molar-refractivity contribution in [3.63, 3.8) is 0 Å². The van der Waals surface area contributed by atoms with Crippen molar-refractivity contribution < 1.29 is 40.7 Å². The molecule has 25 heavy (non-hydrogen) atoms. The Bertz CT molecular complexity index is 657. The maximum Gasteiger partial charge on any atom is 0.458 e. The van der Waals surface area contributed by atoms with Crippen LogP contribution in [-0.2, 0) is 9.59 Å². The van der Waals surface area contributed by atoms with E-state index in [0.29, 0.717) is 11.3 Å². The Morgan fingerprint density at radius 1 is 0.880 bits per heavy atom. The van der Waals surface area contributed by atoms with Gasteiger partial charge in [0.1, 0.15) is 0 Å². The first-order chi connectivity index (χ1) is 11.2. The van der Waals surface area contributed by atoms with Crippen LogP contribution in [0.15, 0.2) is 24.3 Å². The van der Waals surface area contributed by atoms with E-state index in [-0.39, 0.29) is 11.7 Å². The maximum absolute atomic E-state index is 11.5. The zero-order valence-electron chi connectivity index (χ0n) is 12.8. The van der Waals surface area contributed by atoms with Gasteiger partial charge in [-0.2, -0.15) is 26.3 Å². The molecule has 0 aliphatic rings. The van der Waals surface area contributed by atoms with Crippen LogP contribution in [0.4, 0.5) is 32.0 Å². The summed E-state index contributed by atoms with van der Waals surface area (Å²) in [5.74, 6) is -6.68. The van der Waals surface area contributed by atoms with E-state index in [1.165, 1.54) is 0 Å². The summed E-state index contributed by atoms with van der Waals surface area (Å²) in [4.78, 5) is 34.0. The molecular formula is C15H11F6NO3. The van der Waals surface area contributed by atoms with Crippen LogP contribution >= 0.6 is 0 Å². The number of hydrogen-bond acceptors (Lipinski definition) is 3. The Labute approximate surface area is 138 Å². The molecule has 1 rings (SSSR count). The second-order valence-electron chi connectivity index (χ2n) is 4.83. The smallest absolute Gasteiger partial charge is 0.294 e. The van der Waals surface area contributed by atoms with Crippen LogP contribution < -0.4 is 0 Å². The molecule has 0 atom stereocenters. The highest BCUT2D eigenvalue weighted by Gasteiger charge is 2.54. The first-order valence-corrected chi connectivity index (χ1v) is 6.46. The highest BCUT2D eigenvalue weighted by atomic mass is 19.4. The van der Waals surface area contributed by atoms with E-state index in [1.807, 2.05) is 13.8 Å². The Morgan fingerprint density at radius 2 is 1.24 bits per heavy atom. The van der Waals surface area contributed by atoms with Gasteiger partial charge in [0.2, 0.25) is 0 Å². The van der Waals surface area contributed by atoms with Gasteiger partial charge in [-0.1, -0.05) is 38.1 Å². The van der Waals surface area contributed by atoms with Gasteiger partial charge in [0.05, 0.1) is 6.57 Å². The molecule has 0 aliphatic carbocycles. The van der Waals surface area contributed by atoms with Gasteiger partial charge in [-0.15, -0.1) is 0 Å². The summed E-state index contributed by atoms with van der Waals surface area (Å²) >= 11 is 0. The molecule has 0 saturated heterocycles. The lowest BCUT2D eigenvalue weighted by Crippen LogP contribution is -2.39. The van der Waals surface area contributed by atoms with E-state index in [0.717, 1.165) is 0 Å². The van der Waals surface area contributed by atoms with Crippen LogP contribution in [-0.4, -0.2) is 29.7 Å². The zero-order chi connectivity index (χ0) is 20.0. The molecule has 0 aromatic heterocycles. The largest absolute Gasteiger partial charge is 0.458 e.